The first-order valence-corrected chi connectivity index (χ1v) is 9.02. The van der Waals surface area contributed by atoms with Gasteiger partial charge in [-0.25, -0.2) is 18.1 Å². The molecule has 0 atom stereocenters. The summed E-state index contributed by atoms with van der Waals surface area (Å²) in [4.78, 5) is 7.79. The average molecular weight is 309 g/mol. The van der Waals surface area contributed by atoms with Crippen molar-refractivity contribution >= 4 is 21.1 Å². The van der Waals surface area contributed by atoms with E-state index < -0.39 is 10.0 Å². The normalized spacial score (nSPS) is 12.4. The van der Waals surface area contributed by atoms with Gasteiger partial charge in [0.25, 0.3) is 0 Å². The molecule has 0 amide bonds. The topological polar surface area (TPSA) is 74.8 Å². The highest BCUT2D eigenvalue weighted by Crippen LogP contribution is 2.18. The molecule has 5 nitrogen and oxygen atoms in total. The lowest BCUT2D eigenvalue weighted by Crippen LogP contribution is -2.25. The molecule has 0 saturated heterocycles. The van der Waals surface area contributed by atoms with Gasteiger partial charge in [0.15, 0.2) is 0 Å². The number of benzene rings is 1. The monoisotopic (exact) mass is 309 g/mol. The van der Waals surface area contributed by atoms with E-state index in [2.05, 4.69) is 28.5 Å². The van der Waals surface area contributed by atoms with E-state index in [-0.39, 0.29) is 5.75 Å². The summed E-state index contributed by atoms with van der Waals surface area (Å²) >= 11 is 0. The molecule has 1 aromatic carbocycles. The maximum absolute atomic E-state index is 11.8. The molecule has 0 fully saturated rings. The fourth-order valence-corrected chi connectivity index (χ4v) is 3.26. The summed E-state index contributed by atoms with van der Waals surface area (Å²) in [5, 5.41) is 0. The van der Waals surface area contributed by atoms with Gasteiger partial charge in [0.05, 0.1) is 16.8 Å². The first kappa shape index (κ1) is 16.0. The highest BCUT2D eigenvalue weighted by atomic mass is 32.2. The van der Waals surface area contributed by atoms with Crippen LogP contribution in [0.25, 0.3) is 11.0 Å². The Morgan fingerprint density at radius 2 is 2.10 bits per heavy atom. The number of sulfonamides is 1. The van der Waals surface area contributed by atoms with Crippen LogP contribution in [0.3, 0.4) is 0 Å². The number of imidazole rings is 1. The maximum atomic E-state index is 11.8. The maximum Gasteiger partial charge on any atom is 0.211 e. The van der Waals surface area contributed by atoms with Crippen molar-refractivity contribution in [1.82, 2.24) is 14.7 Å². The summed E-state index contributed by atoms with van der Waals surface area (Å²) in [7, 11) is -3.18. The van der Waals surface area contributed by atoms with Gasteiger partial charge in [0.2, 0.25) is 10.0 Å². The summed E-state index contributed by atoms with van der Waals surface area (Å²) in [6.45, 7) is 6.47. The number of hydrogen-bond acceptors (Lipinski definition) is 3. The molecule has 0 spiro atoms. The van der Waals surface area contributed by atoms with Gasteiger partial charge in [-0.3, -0.25) is 0 Å². The second-order valence-corrected chi connectivity index (χ2v) is 7.55. The van der Waals surface area contributed by atoms with E-state index >= 15 is 0 Å². The number of aromatic nitrogens is 2. The molecule has 6 heteroatoms. The number of unbranched alkanes of at least 4 members (excludes halogenated alkanes) is 1. The minimum absolute atomic E-state index is 0.188. The fraction of sp³-hybridized carbons (Fsp3) is 0.533. The molecule has 2 N–H and O–H groups in total. The Labute approximate surface area is 126 Å². The van der Waals surface area contributed by atoms with Crippen LogP contribution in [0, 0.1) is 0 Å². The van der Waals surface area contributed by atoms with Gasteiger partial charge in [-0.1, -0.05) is 33.3 Å². The van der Waals surface area contributed by atoms with Gasteiger partial charge in [-0.2, -0.15) is 0 Å². The third-order valence-electron chi connectivity index (χ3n) is 3.37. The van der Waals surface area contributed by atoms with Crippen molar-refractivity contribution in [3.8, 4) is 0 Å². The van der Waals surface area contributed by atoms with Crippen molar-refractivity contribution in [2.45, 2.75) is 46.1 Å². The first-order valence-electron chi connectivity index (χ1n) is 7.37. The molecular formula is C15H23N3O2S. The minimum atomic E-state index is -3.18. The molecule has 0 radical (unpaired) electrons. The summed E-state index contributed by atoms with van der Waals surface area (Å²) in [5.41, 5.74) is 2.79. The number of H-pyrrole nitrogens is 1. The summed E-state index contributed by atoms with van der Waals surface area (Å²) in [6.07, 6.45) is 1.56. The number of fused-ring (bicyclic) bond motifs is 1. The van der Waals surface area contributed by atoms with E-state index in [1.165, 1.54) is 0 Å². The number of nitrogens with one attached hydrogen (secondary N) is 2. The second-order valence-electron chi connectivity index (χ2n) is 5.62. The molecule has 0 bridgehead atoms. The van der Waals surface area contributed by atoms with Gasteiger partial charge in [-0.05, 0) is 24.1 Å². The van der Waals surface area contributed by atoms with E-state index in [0.29, 0.717) is 18.9 Å². The van der Waals surface area contributed by atoms with Gasteiger partial charge in [-0.15, -0.1) is 0 Å². The van der Waals surface area contributed by atoms with Crippen LogP contribution in [0.1, 0.15) is 50.9 Å². The predicted molar refractivity (Wildman–Crippen MR) is 85.7 cm³/mol. The van der Waals surface area contributed by atoms with Crippen LogP contribution in [0.5, 0.6) is 0 Å². The lowest BCUT2D eigenvalue weighted by Gasteiger charge is -2.06. The fourth-order valence-electron chi connectivity index (χ4n) is 2.06. The Kier molecular flexibility index (Phi) is 5.00. The van der Waals surface area contributed by atoms with E-state index in [1.807, 2.05) is 25.1 Å². The van der Waals surface area contributed by atoms with Crippen molar-refractivity contribution < 1.29 is 8.42 Å². The van der Waals surface area contributed by atoms with Gasteiger partial charge < -0.3 is 4.98 Å². The molecule has 1 aromatic heterocycles. The summed E-state index contributed by atoms with van der Waals surface area (Å²) in [5.74, 6) is 1.48. The zero-order valence-corrected chi connectivity index (χ0v) is 13.6. The van der Waals surface area contributed by atoms with E-state index in [1.54, 1.807) is 0 Å². The van der Waals surface area contributed by atoms with E-state index in [0.717, 1.165) is 28.8 Å². The molecule has 0 aliphatic rings. The lowest BCUT2D eigenvalue weighted by molar-refractivity contribution is 0.578. The smallest absolute Gasteiger partial charge is 0.211 e. The Hall–Kier alpha value is -1.40. The molecule has 0 aliphatic carbocycles. The molecule has 0 aliphatic heterocycles. The zero-order valence-electron chi connectivity index (χ0n) is 12.8. The Morgan fingerprint density at radius 1 is 1.33 bits per heavy atom. The van der Waals surface area contributed by atoms with Crippen LogP contribution in [-0.4, -0.2) is 24.1 Å². The number of nitrogens with zero attached hydrogens (tertiary/aromatic N) is 1. The molecular weight excluding hydrogens is 286 g/mol. The Bertz CT molecular complexity index is 705. The summed E-state index contributed by atoms with van der Waals surface area (Å²) < 4.78 is 26.2. The molecule has 1 heterocycles. The highest BCUT2D eigenvalue weighted by Gasteiger charge is 2.10. The van der Waals surface area contributed by atoms with Crippen LogP contribution < -0.4 is 4.72 Å². The van der Waals surface area contributed by atoms with Crippen molar-refractivity contribution in [3.05, 3.63) is 29.6 Å². The van der Waals surface area contributed by atoms with Crippen LogP contribution in [0.15, 0.2) is 18.2 Å². The quantitative estimate of drug-likeness (QED) is 0.826. The average Bonchev–Trinajstić information content (AvgIpc) is 2.86. The van der Waals surface area contributed by atoms with E-state index in [9.17, 15) is 8.42 Å². The standard InChI is InChI=1S/C15H23N3O2S/c1-4-5-8-21(19,20)16-10-12-6-7-13-14(9-12)18-15(17-13)11(2)3/h6-7,9,11,16H,4-5,8,10H2,1-3H3,(H,17,18). The minimum Gasteiger partial charge on any atom is -0.342 e. The highest BCUT2D eigenvalue weighted by molar-refractivity contribution is 7.89. The molecule has 0 saturated carbocycles. The lowest BCUT2D eigenvalue weighted by atomic mass is 10.2. The van der Waals surface area contributed by atoms with Crippen LogP contribution in [0.4, 0.5) is 0 Å². The molecule has 2 rings (SSSR count). The Balaban J connectivity index is 2.09. The second kappa shape index (κ2) is 6.58. The van der Waals surface area contributed by atoms with Crippen LogP contribution in [-0.2, 0) is 16.6 Å². The summed E-state index contributed by atoms with van der Waals surface area (Å²) in [6, 6.07) is 5.79. The molecule has 21 heavy (non-hydrogen) atoms. The van der Waals surface area contributed by atoms with E-state index in [4.69, 9.17) is 0 Å². The third kappa shape index (κ3) is 4.28. The molecule has 116 valence electrons. The van der Waals surface area contributed by atoms with Crippen LogP contribution >= 0.6 is 0 Å². The van der Waals surface area contributed by atoms with Crippen molar-refractivity contribution in [2.24, 2.45) is 0 Å². The predicted octanol–water partition coefficient (Wildman–Crippen LogP) is 2.91. The largest absolute Gasteiger partial charge is 0.342 e. The Morgan fingerprint density at radius 3 is 2.76 bits per heavy atom. The number of hydrogen-bond donors (Lipinski definition) is 2. The third-order valence-corrected chi connectivity index (χ3v) is 4.78. The van der Waals surface area contributed by atoms with Gasteiger partial charge in [0.1, 0.15) is 5.82 Å². The van der Waals surface area contributed by atoms with Gasteiger partial charge in [0, 0.05) is 12.5 Å². The zero-order chi connectivity index (χ0) is 15.5. The molecule has 0 unspecified atom stereocenters. The van der Waals surface area contributed by atoms with Crippen LogP contribution in [0.2, 0.25) is 0 Å². The molecule has 2 aromatic rings. The van der Waals surface area contributed by atoms with Crippen molar-refractivity contribution in [1.29, 1.82) is 0 Å². The number of rotatable bonds is 7. The van der Waals surface area contributed by atoms with Gasteiger partial charge >= 0.3 is 0 Å². The van der Waals surface area contributed by atoms with Crippen molar-refractivity contribution in [3.63, 3.8) is 0 Å². The first-order chi connectivity index (χ1) is 9.91. The SMILES string of the molecule is CCCCS(=O)(=O)NCc1ccc2nc(C(C)C)[nH]c2c1. The van der Waals surface area contributed by atoms with Crippen molar-refractivity contribution in [2.75, 3.05) is 5.75 Å². The number of aromatic amines is 1.